The SMILES string of the molecule is NC1CCC(C(=O)Nc2ccc(OCc3noc(C4CC4)n3)cc2)C1. The van der Waals surface area contributed by atoms with Crippen molar-refractivity contribution in [1.29, 1.82) is 0 Å². The van der Waals surface area contributed by atoms with Crippen molar-refractivity contribution < 1.29 is 14.1 Å². The van der Waals surface area contributed by atoms with Crippen molar-refractivity contribution in [2.24, 2.45) is 11.7 Å². The van der Waals surface area contributed by atoms with E-state index >= 15 is 0 Å². The molecule has 3 N–H and O–H groups in total. The fraction of sp³-hybridized carbons (Fsp3) is 0.500. The molecule has 7 heteroatoms. The Balaban J connectivity index is 1.28. The van der Waals surface area contributed by atoms with E-state index in [1.165, 1.54) is 0 Å². The first-order valence-electron chi connectivity index (χ1n) is 8.79. The van der Waals surface area contributed by atoms with E-state index in [0.29, 0.717) is 23.4 Å². The second-order valence-corrected chi connectivity index (χ2v) is 6.90. The van der Waals surface area contributed by atoms with Gasteiger partial charge in [-0.3, -0.25) is 4.79 Å². The van der Waals surface area contributed by atoms with E-state index < -0.39 is 0 Å². The summed E-state index contributed by atoms with van der Waals surface area (Å²) in [5.41, 5.74) is 6.62. The van der Waals surface area contributed by atoms with Crippen LogP contribution < -0.4 is 15.8 Å². The highest BCUT2D eigenvalue weighted by molar-refractivity contribution is 5.92. The first-order chi connectivity index (χ1) is 12.2. The number of ether oxygens (including phenoxy) is 1. The van der Waals surface area contributed by atoms with Gasteiger partial charge in [0, 0.05) is 23.6 Å². The van der Waals surface area contributed by atoms with E-state index in [1.54, 1.807) is 0 Å². The van der Waals surface area contributed by atoms with Gasteiger partial charge in [-0.05, 0) is 56.4 Å². The summed E-state index contributed by atoms with van der Waals surface area (Å²) < 4.78 is 10.9. The molecule has 0 saturated heterocycles. The minimum Gasteiger partial charge on any atom is -0.485 e. The lowest BCUT2D eigenvalue weighted by atomic mass is 10.1. The van der Waals surface area contributed by atoms with E-state index in [0.717, 1.165) is 37.8 Å². The molecule has 7 nitrogen and oxygen atoms in total. The molecule has 2 fully saturated rings. The number of hydrogen-bond donors (Lipinski definition) is 2. The zero-order valence-corrected chi connectivity index (χ0v) is 14.0. The molecule has 1 aromatic heterocycles. The van der Waals surface area contributed by atoms with E-state index in [2.05, 4.69) is 15.5 Å². The van der Waals surface area contributed by atoms with Gasteiger partial charge >= 0.3 is 0 Å². The van der Waals surface area contributed by atoms with Crippen LogP contribution in [0.3, 0.4) is 0 Å². The maximum Gasteiger partial charge on any atom is 0.229 e. The normalized spacial score (nSPS) is 22.8. The summed E-state index contributed by atoms with van der Waals surface area (Å²) in [4.78, 5) is 16.5. The number of nitrogens with one attached hydrogen (secondary N) is 1. The molecule has 2 aliphatic rings. The molecule has 1 aromatic carbocycles. The summed E-state index contributed by atoms with van der Waals surface area (Å²) in [7, 11) is 0. The highest BCUT2D eigenvalue weighted by Crippen LogP contribution is 2.38. The van der Waals surface area contributed by atoms with Crippen LogP contribution in [0.15, 0.2) is 28.8 Å². The molecule has 1 heterocycles. The summed E-state index contributed by atoms with van der Waals surface area (Å²) in [5.74, 6) is 2.46. The molecule has 0 radical (unpaired) electrons. The molecule has 2 unspecified atom stereocenters. The Morgan fingerprint density at radius 1 is 1.24 bits per heavy atom. The number of carbonyl (C=O) groups is 1. The van der Waals surface area contributed by atoms with Crippen molar-refractivity contribution in [3.8, 4) is 5.75 Å². The molecule has 2 saturated carbocycles. The number of nitrogens with zero attached hydrogens (tertiary/aromatic N) is 2. The molecule has 0 bridgehead atoms. The zero-order chi connectivity index (χ0) is 17.2. The van der Waals surface area contributed by atoms with Crippen LogP contribution in [0.5, 0.6) is 5.75 Å². The van der Waals surface area contributed by atoms with Crippen molar-refractivity contribution in [2.75, 3.05) is 5.32 Å². The monoisotopic (exact) mass is 342 g/mol. The van der Waals surface area contributed by atoms with Gasteiger partial charge in [-0.25, -0.2) is 0 Å². The number of aromatic nitrogens is 2. The molecule has 2 atom stereocenters. The van der Waals surface area contributed by atoms with Crippen LogP contribution in [0.1, 0.15) is 49.7 Å². The lowest BCUT2D eigenvalue weighted by Crippen LogP contribution is -2.23. The maximum atomic E-state index is 12.2. The standard InChI is InChI=1S/C18H22N4O3/c19-13-4-3-12(9-13)17(23)20-14-5-7-15(8-6-14)24-10-16-21-18(25-22-16)11-1-2-11/h5-8,11-13H,1-4,9-10,19H2,(H,20,23). The number of anilines is 1. The van der Waals surface area contributed by atoms with E-state index in [9.17, 15) is 4.79 Å². The van der Waals surface area contributed by atoms with E-state index in [1.807, 2.05) is 24.3 Å². The number of hydrogen-bond acceptors (Lipinski definition) is 6. The highest BCUT2D eigenvalue weighted by Gasteiger charge is 2.29. The molecule has 0 aliphatic heterocycles. The molecule has 1 amide bonds. The smallest absolute Gasteiger partial charge is 0.229 e. The van der Waals surface area contributed by atoms with Crippen LogP contribution in [0.25, 0.3) is 0 Å². The van der Waals surface area contributed by atoms with Gasteiger partial charge in [0.15, 0.2) is 6.61 Å². The number of carbonyl (C=O) groups excluding carboxylic acids is 1. The van der Waals surface area contributed by atoms with Gasteiger partial charge in [0.05, 0.1) is 0 Å². The van der Waals surface area contributed by atoms with Crippen LogP contribution in [0.2, 0.25) is 0 Å². The second kappa shape index (κ2) is 6.84. The Morgan fingerprint density at radius 2 is 2.04 bits per heavy atom. The van der Waals surface area contributed by atoms with Crippen molar-refractivity contribution >= 4 is 11.6 Å². The van der Waals surface area contributed by atoms with Gasteiger partial charge in [0.1, 0.15) is 5.75 Å². The third-order valence-corrected chi connectivity index (χ3v) is 4.74. The van der Waals surface area contributed by atoms with E-state index in [-0.39, 0.29) is 24.5 Å². The Bertz CT molecular complexity index is 739. The molecule has 2 aliphatic carbocycles. The lowest BCUT2D eigenvalue weighted by Gasteiger charge is -2.11. The Labute approximate surface area is 145 Å². The van der Waals surface area contributed by atoms with Crippen molar-refractivity contribution in [2.45, 2.75) is 50.7 Å². The molecule has 0 spiro atoms. The Hall–Kier alpha value is -2.41. The summed E-state index contributed by atoms with van der Waals surface area (Å²) in [5, 5.41) is 6.86. The van der Waals surface area contributed by atoms with Gasteiger partial charge in [0.25, 0.3) is 0 Å². The number of amides is 1. The summed E-state index contributed by atoms with van der Waals surface area (Å²) in [6.45, 7) is 0.266. The largest absolute Gasteiger partial charge is 0.485 e. The van der Waals surface area contributed by atoms with Gasteiger partial charge in [0.2, 0.25) is 17.6 Å². The minimum atomic E-state index is 0.0184. The van der Waals surface area contributed by atoms with Crippen LogP contribution in [0.4, 0.5) is 5.69 Å². The average molecular weight is 342 g/mol. The molecular weight excluding hydrogens is 320 g/mol. The third-order valence-electron chi connectivity index (χ3n) is 4.74. The lowest BCUT2D eigenvalue weighted by molar-refractivity contribution is -0.119. The Kier molecular flexibility index (Phi) is 4.40. The fourth-order valence-electron chi connectivity index (χ4n) is 3.10. The van der Waals surface area contributed by atoms with E-state index in [4.69, 9.17) is 15.0 Å². The summed E-state index contributed by atoms with van der Waals surface area (Å²) in [6, 6.07) is 7.44. The van der Waals surface area contributed by atoms with Gasteiger partial charge in [-0.2, -0.15) is 4.98 Å². The van der Waals surface area contributed by atoms with Crippen LogP contribution in [0, 0.1) is 5.92 Å². The van der Waals surface area contributed by atoms with Crippen molar-refractivity contribution in [1.82, 2.24) is 10.1 Å². The Morgan fingerprint density at radius 3 is 2.72 bits per heavy atom. The van der Waals surface area contributed by atoms with Crippen molar-refractivity contribution in [3.05, 3.63) is 36.0 Å². The first kappa shape index (κ1) is 16.1. The molecular formula is C18H22N4O3. The average Bonchev–Trinajstić information content (AvgIpc) is 3.19. The topological polar surface area (TPSA) is 103 Å². The predicted molar refractivity (Wildman–Crippen MR) is 91.0 cm³/mol. The van der Waals surface area contributed by atoms with Gasteiger partial charge < -0.3 is 20.3 Å². The number of rotatable bonds is 6. The summed E-state index contributed by atoms with van der Waals surface area (Å²) in [6.07, 6.45) is 4.80. The van der Waals surface area contributed by atoms with Crippen LogP contribution in [-0.4, -0.2) is 22.1 Å². The van der Waals surface area contributed by atoms with Gasteiger partial charge in [-0.1, -0.05) is 5.16 Å². The minimum absolute atomic E-state index is 0.0184. The molecule has 4 rings (SSSR count). The quantitative estimate of drug-likeness (QED) is 0.836. The third kappa shape index (κ3) is 3.99. The maximum absolute atomic E-state index is 12.2. The van der Waals surface area contributed by atoms with Crippen molar-refractivity contribution in [3.63, 3.8) is 0 Å². The second-order valence-electron chi connectivity index (χ2n) is 6.90. The highest BCUT2D eigenvalue weighted by atomic mass is 16.5. The fourth-order valence-corrected chi connectivity index (χ4v) is 3.10. The molecule has 25 heavy (non-hydrogen) atoms. The van der Waals surface area contributed by atoms with Gasteiger partial charge in [-0.15, -0.1) is 0 Å². The molecule has 2 aromatic rings. The predicted octanol–water partition coefficient (Wildman–Crippen LogP) is 2.59. The van der Waals surface area contributed by atoms with Crippen LogP contribution in [-0.2, 0) is 11.4 Å². The number of benzene rings is 1. The van der Waals surface area contributed by atoms with Crippen LogP contribution >= 0.6 is 0 Å². The first-order valence-corrected chi connectivity index (χ1v) is 8.79. The number of nitrogens with two attached hydrogens (primary N) is 1. The molecule has 132 valence electrons. The zero-order valence-electron chi connectivity index (χ0n) is 14.0. The summed E-state index contributed by atoms with van der Waals surface area (Å²) >= 11 is 0.